The summed E-state index contributed by atoms with van der Waals surface area (Å²) in [5, 5.41) is 4.26. The highest BCUT2D eigenvalue weighted by Gasteiger charge is 2.60. The van der Waals surface area contributed by atoms with E-state index in [-0.39, 0.29) is 23.3 Å². The molecule has 1 N–H and O–H groups in total. The van der Waals surface area contributed by atoms with Gasteiger partial charge in [0.2, 0.25) is 5.91 Å². The monoisotopic (exact) mass is 719 g/mol. The number of halogens is 2. The first-order chi connectivity index (χ1) is 23.7. The fourth-order valence-electron chi connectivity index (χ4n) is 7.07. The molecule has 0 saturated carbocycles. The van der Waals surface area contributed by atoms with E-state index >= 15 is 4.79 Å². The van der Waals surface area contributed by atoms with Crippen LogP contribution in [-0.2, 0) is 21.3 Å². The van der Waals surface area contributed by atoms with Gasteiger partial charge in [-0.15, -0.1) is 0 Å². The Kier molecular flexibility index (Phi) is 11.5. The maximum absolute atomic E-state index is 15.2. The normalized spacial score (nSPS) is 21.3. The van der Waals surface area contributed by atoms with Crippen molar-refractivity contribution in [3.8, 4) is 5.75 Å². The van der Waals surface area contributed by atoms with Crippen LogP contribution >= 0.6 is 23.2 Å². The van der Waals surface area contributed by atoms with E-state index in [0.717, 1.165) is 42.5 Å². The Bertz CT molecular complexity index is 1700. The number of hydrogen-bond donors (Lipinski definition) is 1. The Balaban J connectivity index is 1.62. The molecule has 1 aromatic heterocycles. The van der Waals surface area contributed by atoms with Crippen molar-refractivity contribution < 1.29 is 14.3 Å². The largest absolute Gasteiger partial charge is 0.493 e. The summed E-state index contributed by atoms with van der Waals surface area (Å²) >= 11 is 12.8. The molecule has 1 saturated heterocycles. The van der Waals surface area contributed by atoms with Crippen LogP contribution in [0.15, 0.2) is 65.8 Å². The number of amidine groups is 1. The molecule has 3 amide bonds. The average Bonchev–Trinajstić information content (AvgIpc) is 3.33. The number of aliphatic imine (C=N–C) groups is 1. The van der Waals surface area contributed by atoms with Crippen molar-refractivity contribution >= 4 is 41.0 Å². The molecule has 0 radical (unpaired) electrons. The lowest BCUT2D eigenvalue weighted by atomic mass is 9.71. The minimum absolute atomic E-state index is 0.0842. The number of unbranched alkanes of at least 4 members (excludes halogenated alkanes) is 1. The second-order valence-electron chi connectivity index (χ2n) is 14.8. The molecule has 2 aliphatic heterocycles. The Morgan fingerprint density at radius 3 is 2.12 bits per heavy atom. The van der Waals surface area contributed by atoms with Crippen LogP contribution in [0.2, 0.25) is 10.0 Å². The van der Waals surface area contributed by atoms with E-state index in [1.54, 1.807) is 6.20 Å². The Labute approximate surface area is 307 Å². The van der Waals surface area contributed by atoms with Crippen LogP contribution in [-0.4, -0.2) is 58.8 Å². The van der Waals surface area contributed by atoms with Gasteiger partial charge in [0.15, 0.2) is 0 Å². The van der Waals surface area contributed by atoms with Gasteiger partial charge in [0.25, 0.3) is 0 Å². The maximum atomic E-state index is 15.2. The molecule has 2 aromatic carbocycles. The number of hydrogen-bond acceptors (Lipinski definition) is 5. The zero-order valence-electron chi connectivity index (χ0n) is 30.5. The third kappa shape index (κ3) is 7.52. The van der Waals surface area contributed by atoms with Gasteiger partial charge >= 0.3 is 6.03 Å². The first kappa shape index (κ1) is 37.6. The van der Waals surface area contributed by atoms with Crippen LogP contribution in [0.5, 0.6) is 5.75 Å². The summed E-state index contributed by atoms with van der Waals surface area (Å²) < 4.78 is 6.28. The summed E-state index contributed by atoms with van der Waals surface area (Å²) in [6.07, 6.45) is 5.76. The number of ether oxygens (including phenoxy) is 1. The molecule has 5 rings (SSSR count). The SMILES string of the molecule is CCCCNC(=O)CC1CCN(C(=O)N2C(c3cnc(C(C)(C)C)cc3OCC)=N[C@@](C)(c3ccc(Cl)cc3)[C@@]2(C)c2ccc(Cl)cc2)CC1. The van der Waals surface area contributed by atoms with E-state index in [0.29, 0.717) is 59.9 Å². The molecule has 3 heterocycles. The average molecular weight is 721 g/mol. The summed E-state index contributed by atoms with van der Waals surface area (Å²) in [5.74, 6) is 1.41. The fourth-order valence-corrected chi connectivity index (χ4v) is 7.32. The standard InChI is InChI=1S/C40H51Cl2N5O3/c1-8-10-21-43-35(48)24-27-19-22-46(23-20-27)37(49)47-36(32-26-44-34(38(3,4)5)25-33(32)50-9-2)45-39(6,28-11-15-30(41)16-12-28)40(47,7)29-13-17-31(42)18-14-29/h11-18,25-27H,8-10,19-24H2,1-7H3,(H,43,48)/t39-,40+/m0/s1. The molecule has 2 aliphatic rings. The lowest BCUT2D eigenvalue weighted by Crippen LogP contribution is -2.59. The number of aromatic nitrogens is 1. The van der Waals surface area contributed by atoms with Gasteiger partial charge in [0, 0.05) is 59.5 Å². The van der Waals surface area contributed by atoms with E-state index in [4.69, 9.17) is 37.9 Å². The zero-order chi connectivity index (χ0) is 36.3. The number of benzene rings is 2. The molecule has 0 spiro atoms. The highest BCUT2D eigenvalue weighted by molar-refractivity contribution is 6.30. The van der Waals surface area contributed by atoms with E-state index in [9.17, 15) is 4.79 Å². The fraction of sp³-hybridized carbons (Fsp3) is 0.500. The lowest BCUT2D eigenvalue weighted by Gasteiger charge is -2.47. The van der Waals surface area contributed by atoms with Crippen molar-refractivity contribution in [1.29, 1.82) is 0 Å². The van der Waals surface area contributed by atoms with Crippen molar-refractivity contribution in [1.82, 2.24) is 20.1 Å². The summed E-state index contributed by atoms with van der Waals surface area (Å²) in [7, 11) is 0. The van der Waals surface area contributed by atoms with E-state index in [1.165, 1.54) is 0 Å². The van der Waals surface area contributed by atoms with Gasteiger partial charge in [-0.2, -0.15) is 0 Å². The highest BCUT2D eigenvalue weighted by atomic mass is 35.5. The number of rotatable bonds is 10. The first-order valence-corrected chi connectivity index (χ1v) is 18.6. The summed E-state index contributed by atoms with van der Waals surface area (Å²) in [5.41, 5.74) is 1.11. The summed E-state index contributed by atoms with van der Waals surface area (Å²) in [6.45, 7) is 16.7. The molecule has 0 bridgehead atoms. The molecular weight excluding hydrogens is 669 g/mol. The minimum atomic E-state index is -1.01. The zero-order valence-corrected chi connectivity index (χ0v) is 32.0. The first-order valence-electron chi connectivity index (χ1n) is 17.8. The number of nitrogens with one attached hydrogen (secondary N) is 1. The number of pyridine rings is 1. The van der Waals surface area contributed by atoms with Crippen molar-refractivity contribution in [2.75, 3.05) is 26.2 Å². The van der Waals surface area contributed by atoms with E-state index < -0.39 is 11.1 Å². The second kappa shape index (κ2) is 15.3. The van der Waals surface area contributed by atoms with Crippen LogP contribution in [0, 0.1) is 5.92 Å². The van der Waals surface area contributed by atoms with Crippen LogP contribution < -0.4 is 10.1 Å². The number of carbonyl (C=O) groups excluding carboxylic acids is 2. The number of likely N-dealkylation sites (tertiary alicyclic amines) is 1. The molecular formula is C40H51Cl2N5O3. The molecule has 10 heteroatoms. The number of piperidine rings is 1. The van der Waals surface area contributed by atoms with Gasteiger partial charge in [-0.25, -0.2) is 4.79 Å². The third-order valence-electron chi connectivity index (χ3n) is 10.3. The highest BCUT2D eigenvalue weighted by Crippen LogP contribution is 2.54. The molecule has 50 heavy (non-hydrogen) atoms. The van der Waals surface area contributed by atoms with Crippen molar-refractivity contribution in [3.05, 3.63) is 93.2 Å². The molecule has 0 aliphatic carbocycles. The summed E-state index contributed by atoms with van der Waals surface area (Å²) in [6, 6.07) is 17.1. The maximum Gasteiger partial charge on any atom is 0.326 e. The molecule has 8 nitrogen and oxygen atoms in total. The number of carbonyl (C=O) groups is 2. The van der Waals surface area contributed by atoms with E-state index in [1.807, 2.05) is 71.3 Å². The van der Waals surface area contributed by atoms with Crippen LogP contribution in [0.25, 0.3) is 0 Å². The number of amides is 3. The van der Waals surface area contributed by atoms with Crippen molar-refractivity contribution in [3.63, 3.8) is 0 Å². The van der Waals surface area contributed by atoms with Crippen LogP contribution in [0.3, 0.4) is 0 Å². The smallest absolute Gasteiger partial charge is 0.326 e. The molecule has 3 aromatic rings. The van der Waals surface area contributed by atoms with Crippen molar-refractivity contribution in [2.24, 2.45) is 10.9 Å². The topological polar surface area (TPSA) is 87.1 Å². The number of urea groups is 1. The van der Waals surface area contributed by atoms with Crippen LogP contribution in [0.1, 0.15) is 103 Å². The molecule has 268 valence electrons. The molecule has 2 atom stereocenters. The third-order valence-corrected chi connectivity index (χ3v) is 10.8. The van der Waals surface area contributed by atoms with Gasteiger partial charge in [-0.1, -0.05) is 81.6 Å². The number of nitrogens with zero attached hydrogens (tertiary/aromatic N) is 4. The Hall–Kier alpha value is -3.62. The van der Waals surface area contributed by atoms with Gasteiger partial charge in [-0.3, -0.25) is 19.7 Å². The van der Waals surface area contributed by atoms with Crippen molar-refractivity contribution in [2.45, 2.75) is 97.1 Å². The molecule has 1 fully saturated rings. The van der Waals surface area contributed by atoms with Crippen LogP contribution in [0.4, 0.5) is 4.79 Å². The van der Waals surface area contributed by atoms with E-state index in [2.05, 4.69) is 46.9 Å². The van der Waals surface area contributed by atoms with Gasteiger partial charge < -0.3 is 15.0 Å². The second-order valence-corrected chi connectivity index (χ2v) is 15.7. The summed E-state index contributed by atoms with van der Waals surface area (Å²) in [4.78, 5) is 42.0. The lowest BCUT2D eigenvalue weighted by molar-refractivity contribution is -0.122. The molecule has 0 unspecified atom stereocenters. The predicted octanol–water partition coefficient (Wildman–Crippen LogP) is 9.12. The minimum Gasteiger partial charge on any atom is -0.493 e. The quantitative estimate of drug-likeness (QED) is 0.212. The van der Waals surface area contributed by atoms with Gasteiger partial charge in [0.1, 0.15) is 22.7 Å². The Morgan fingerprint density at radius 1 is 0.960 bits per heavy atom. The predicted molar refractivity (Wildman–Crippen MR) is 202 cm³/mol. The Morgan fingerprint density at radius 2 is 1.56 bits per heavy atom. The van der Waals surface area contributed by atoms with Gasteiger partial charge in [-0.05, 0) is 81.3 Å². The van der Waals surface area contributed by atoms with Gasteiger partial charge in [0.05, 0.1) is 12.2 Å².